The van der Waals surface area contributed by atoms with Crippen molar-refractivity contribution in [1.29, 1.82) is 0 Å². The Labute approximate surface area is 151 Å². The molecule has 0 radical (unpaired) electrons. The molecule has 1 amide bonds. The Morgan fingerprint density at radius 1 is 1.08 bits per heavy atom. The number of carbonyl (C=O) groups is 1. The van der Waals surface area contributed by atoms with Gasteiger partial charge >= 0.3 is 0 Å². The second-order valence-electron chi connectivity index (χ2n) is 5.94. The summed E-state index contributed by atoms with van der Waals surface area (Å²) in [5.41, 5.74) is 9.75. The van der Waals surface area contributed by atoms with Crippen LogP contribution in [0.15, 0.2) is 53.7 Å². The van der Waals surface area contributed by atoms with Crippen molar-refractivity contribution in [3.8, 4) is 17.1 Å². The van der Waals surface area contributed by atoms with Gasteiger partial charge in [0, 0.05) is 5.56 Å². The van der Waals surface area contributed by atoms with Crippen molar-refractivity contribution < 1.29 is 4.79 Å². The van der Waals surface area contributed by atoms with Gasteiger partial charge in [0.1, 0.15) is 0 Å². The van der Waals surface area contributed by atoms with Crippen LogP contribution < -0.4 is 5.73 Å². The highest BCUT2D eigenvalue weighted by molar-refractivity contribution is 8.00. The van der Waals surface area contributed by atoms with Crippen LogP contribution in [0.5, 0.6) is 0 Å². The molecular weight excluding hydrogens is 332 g/mol. The monoisotopic (exact) mass is 352 g/mol. The molecule has 0 aliphatic rings. The molecule has 0 bridgehead atoms. The molecule has 3 rings (SSSR count). The van der Waals surface area contributed by atoms with Gasteiger partial charge in [0.2, 0.25) is 5.91 Å². The maximum atomic E-state index is 11.5. The van der Waals surface area contributed by atoms with Gasteiger partial charge in [-0.2, -0.15) is 0 Å². The van der Waals surface area contributed by atoms with E-state index in [4.69, 9.17) is 5.73 Å². The van der Waals surface area contributed by atoms with Crippen molar-refractivity contribution in [1.82, 2.24) is 14.8 Å². The van der Waals surface area contributed by atoms with Crippen LogP contribution >= 0.6 is 11.8 Å². The second-order valence-corrected chi connectivity index (χ2v) is 7.25. The smallest absolute Gasteiger partial charge is 0.230 e. The third-order valence-electron chi connectivity index (χ3n) is 4.10. The van der Waals surface area contributed by atoms with E-state index in [1.54, 1.807) is 6.92 Å². The number of thioether (sulfide) groups is 1. The zero-order valence-corrected chi connectivity index (χ0v) is 15.2. The van der Waals surface area contributed by atoms with E-state index in [0.717, 1.165) is 17.1 Å². The first-order valence-corrected chi connectivity index (χ1v) is 8.90. The minimum atomic E-state index is -0.391. The number of primary amides is 1. The van der Waals surface area contributed by atoms with E-state index in [0.29, 0.717) is 5.16 Å². The average molecular weight is 352 g/mol. The van der Waals surface area contributed by atoms with Crippen molar-refractivity contribution in [2.75, 3.05) is 0 Å². The molecule has 2 aromatic carbocycles. The third kappa shape index (κ3) is 3.58. The molecule has 2 N–H and O–H groups in total. The molecule has 0 aliphatic carbocycles. The molecule has 25 heavy (non-hydrogen) atoms. The van der Waals surface area contributed by atoms with Gasteiger partial charge in [-0.15, -0.1) is 10.2 Å². The molecular formula is C19H20N4OS. The van der Waals surface area contributed by atoms with Gasteiger partial charge < -0.3 is 5.73 Å². The summed E-state index contributed by atoms with van der Waals surface area (Å²) in [7, 11) is 0. The van der Waals surface area contributed by atoms with E-state index in [1.807, 2.05) is 41.0 Å². The van der Waals surface area contributed by atoms with Crippen LogP contribution in [-0.2, 0) is 4.79 Å². The third-order valence-corrected chi connectivity index (χ3v) is 5.16. The molecule has 0 saturated carbocycles. The summed E-state index contributed by atoms with van der Waals surface area (Å²) in [4.78, 5) is 11.5. The Bertz CT molecular complexity index is 905. The zero-order chi connectivity index (χ0) is 18.0. The number of carbonyl (C=O) groups excluding carboxylic acids is 1. The highest BCUT2D eigenvalue weighted by atomic mass is 32.2. The second kappa shape index (κ2) is 7.11. The van der Waals surface area contributed by atoms with Crippen LogP contribution in [0.1, 0.15) is 18.1 Å². The van der Waals surface area contributed by atoms with Gasteiger partial charge in [0.25, 0.3) is 0 Å². The normalized spacial score (nSPS) is 12.1. The van der Waals surface area contributed by atoms with Gasteiger partial charge in [-0.3, -0.25) is 9.36 Å². The lowest BCUT2D eigenvalue weighted by Crippen LogP contribution is -2.23. The number of aryl methyl sites for hydroxylation is 2. The van der Waals surface area contributed by atoms with Crippen LogP contribution in [0.4, 0.5) is 0 Å². The quantitative estimate of drug-likeness (QED) is 0.713. The first-order chi connectivity index (χ1) is 12.0. The van der Waals surface area contributed by atoms with Crippen molar-refractivity contribution >= 4 is 17.7 Å². The number of nitrogens with zero attached hydrogens (tertiary/aromatic N) is 3. The van der Waals surface area contributed by atoms with Crippen molar-refractivity contribution in [3.63, 3.8) is 0 Å². The highest BCUT2D eigenvalue weighted by Crippen LogP contribution is 2.30. The Hall–Kier alpha value is -2.60. The van der Waals surface area contributed by atoms with Crippen molar-refractivity contribution in [2.24, 2.45) is 5.73 Å². The fourth-order valence-electron chi connectivity index (χ4n) is 2.43. The summed E-state index contributed by atoms with van der Waals surface area (Å²) < 4.78 is 1.98. The standard InChI is InChI=1S/C19H20N4OS/c1-12-9-10-16(11-13(12)2)23-18(15-7-5-4-6-8-15)21-22-19(23)25-14(3)17(20)24/h4-11,14H,1-3H3,(H2,20,24). The molecule has 1 atom stereocenters. The number of benzene rings is 2. The topological polar surface area (TPSA) is 73.8 Å². The summed E-state index contributed by atoms with van der Waals surface area (Å²) in [6.45, 7) is 5.92. The van der Waals surface area contributed by atoms with Crippen molar-refractivity contribution in [2.45, 2.75) is 31.2 Å². The number of aromatic nitrogens is 3. The maximum absolute atomic E-state index is 11.5. The van der Waals surface area contributed by atoms with Crippen LogP contribution in [0.25, 0.3) is 17.1 Å². The first kappa shape index (κ1) is 17.2. The Morgan fingerprint density at radius 3 is 2.44 bits per heavy atom. The molecule has 1 heterocycles. The lowest BCUT2D eigenvalue weighted by molar-refractivity contribution is -0.117. The van der Waals surface area contributed by atoms with Gasteiger partial charge in [0.15, 0.2) is 11.0 Å². The molecule has 1 unspecified atom stereocenters. The van der Waals surface area contributed by atoms with Crippen LogP contribution in [0, 0.1) is 13.8 Å². The summed E-state index contributed by atoms with van der Waals surface area (Å²) in [6, 6.07) is 16.1. The number of rotatable bonds is 5. The van der Waals surface area contributed by atoms with E-state index >= 15 is 0 Å². The molecule has 128 valence electrons. The van der Waals surface area contributed by atoms with Gasteiger partial charge in [-0.25, -0.2) is 0 Å². The Balaban J connectivity index is 2.15. The summed E-state index contributed by atoms with van der Waals surface area (Å²) >= 11 is 1.31. The van der Waals surface area contributed by atoms with Crippen LogP contribution in [0.2, 0.25) is 0 Å². The average Bonchev–Trinajstić information content (AvgIpc) is 3.01. The van der Waals surface area contributed by atoms with E-state index in [-0.39, 0.29) is 5.91 Å². The van der Waals surface area contributed by atoms with Crippen molar-refractivity contribution in [3.05, 3.63) is 59.7 Å². The van der Waals surface area contributed by atoms with Gasteiger partial charge in [0.05, 0.1) is 10.9 Å². The van der Waals surface area contributed by atoms with E-state index in [2.05, 4.69) is 36.2 Å². The summed E-state index contributed by atoms with van der Waals surface area (Å²) in [5, 5.41) is 8.93. The molecule has 0 saturated heterocycles. The maximum Gasteiger partial charge on any atom is 0.230 e. The first-order valence-electron chi connectivity index (χ1n) is 8.02. The van der Waals surface area contributed by atoms with Crippen LogP contribution in [-0.4, -0.2) is 25.9 Å². The lowest BCUT2D eigenvalue weighted by Gasteiger charge is -2.13. The van der Waals surface area contributed by atoms with Gasteiger partial charge in [-0.1, -0.05) is 48.2 Å². The summed E-state index contributed by atoms with van der Waals surface area (Å²) in [6.07, 6.45) is 0. The molecule has 0 aliphatic heterocycles. The molecule has 3 aromatic rings. The molecule has 0 fully saturated rings. The minimum absolute atomic E-state index is 0.374. The molecule has 0 spiro atoms. The van der Waals surface area contributed by atoms with E-state index in [9.17, 15) is 4.79 Å². The Kier molecular flexibility index (Phi) is 4.90. The van der Waals surface area contributed by atoms with Crippen LogP contribution in [0.3, 0.4) is 0 Å². The van der Waals surface area contributed by atoms with E-state index < -0.39 is 5.25 Å². The molecule has 6 heteroatoms. The van der Waals surface area contributed by atoms with Gasteiger partial charge in [-0.05, 0) is 44.0 Å². The largest absolute Gasteiger partial charge is 0.369 e. The molecule has 5 nitrogen and oxygen atoms in total. The Morgan fingerprint density at radius 2 is 1.80 bits per heavy atom. The highest BCUT2D eigenvalue weighted by Gasteiger charge is 2.20. The number of hydrogen-bond acceptors (Lipinski definition) is 4. The number of nitrogens with two attached hydrogens (primary N) is 1. The molecule has 1 aromatic heterocycles. The van der Waals surface area contributed by atoms with E-state index in [1.165, 1.54) is 22.9 Å². The predicted molar refractivity (Wildman–Crippen MR) is 101 cm³/mol. The SMILES string of the molecule is Cc1ccc(-n2c(SC(C)C(N)=O)nnc2-c2ccccc2)cc1C. The zero-order valence-electron chi connectivity index (χ0n) is 14.4. The summed E-state index contributed by atoms with van der Waals surface area (Å²) in [5.74, 6) is 0.365. The number of hydrogen-bond donors (Lipinski definition) is 1. The predicted octanol–water partition coefficient (Wildman–Crippen LogP) is 3.52. The lowest BCUT2D eigenvalue weighted by atomic mass is 10.1. The number of amides is 1. The fraction of sp³-hybridized carbons (Fsp3) is 0.211. The minimum Gasteiger partial charge on any atom is -0.369 e. The fourth-order valence-corrected chi connectivity index (χ4v) is 3.25.